The van der Waals surface area contributed by atoms with E-state index in [0.29, 0.717) is 17.9 Å². The van der Waals surface area contributed by atoms with Crippen molar-refractivity contribution in [3.8, 4) is 0 Å². The van der Waals surface area contributed by atoms with Crippen LogP contribution in [0.25, 0.3) is 0 Å². The third-order valence-electron chi connectivity index (χ3n) is 4.41. The van der Waals surface area contributed by atoms with Gasteiger partial charge < -0.3 is 16.0 Å². The van der Waals surface area contributed by atoms with Gasteiger partial charge in [0, 0.05) is 32.1 Å². The van der Waals surface area contributed by atoms with Crippen molar-refractivity contribution >= 4 is 28.8 Å². The first-order valence-corrected chi connectivity index (χ1v) is 9.19. The van der Waals surface area contributed by atoms with Crippen LogP contribution in [0, 0.1) is 6.92 Å². The number of benzene rings is 1. The zero-order valence-corrected chi connectivity index (χ0v) is 16.6. The van der Waals surface area contributed by atoms with E-state index in [0.717, 1.165) is 6.20 Å². The fraction of sp³-hybridized carbons (Fsp3) is 0.250. The molecule has 0 aliphatic heterocycles. The number of pyridine rings is 1. The third-order valence-corrected chi connectivity index (χ3v) is 4.41. The highest BCUT2D eigenvalue weighted by Crippen LogP contribution is 2.37. The molecule has 0 saturated carbocycles. The summed E-state index contributed by atoms with van der Waals surface area (Å²) in [6.45, 7) is 4.38. The number of nitrogens with one attached hydrogen (secondary N) is 3. The Bertz CT molecular complexity index is 1060. The topological polar surface area (TPSA) is 83.9 Å². The van der Waals surface area contributed by atoms with Gasteiger partial charge in [-0.1, -0.05) is 12.1 Å². The molecule has 0 fully saturated rings. The van der Waals surface area contributed by atoms with Crippen LogP contribution in [0.15, 0.2) is 42.7 Å². The molecule has 0 bridgehead atoms. The fourth-order valence-electron chi connectivity index (χ4n) is 2.86. The van der Waals surface area contributed by atoms with Crippen LogP contribution in [0.2, 0.25) is 0 Å². The van der Waals surface area contributed by atoms with Gasteiger partial charge in [0.25, 0.3) is 5.91 Å². The van der Waals surface area contributed by atoms with E-state index in [2.05, 4.69) is 26.0 Å². The number of hydrogen-bond donors (Lipinski definition) is 3. The van der Waals surface area contributed by atoms with Crippen LogP contribution >= 0.6 is 0 Å². The minimum absolute atomic E-state index is 0.210. The maximum Gasteiger partial charge on any atom is 0.419 e. The molecule has 0 saturated heterocycles. The summed E-state index contributed by atoms with van der Waals surface area (Å²) in [6, 6.07) is 7.58. The third kappa shape index (κ3) is 4.53. The molecule has 0 aliphatic carbocycles. The largest absolute Gasteiger partial charge is 0.419 e. The van der Waals surface area contributed by atoms with Gasteiger partial charge in [-0.15, -0.1) is 0 Å². The summed E-state index contributed by atoms with van der Waals surface area (Å²) in [4.78, 5) is 16.0. The highest BCUT2D eigenvalue weighted by Gasteiger charge is 2.34. The van der Waals surface area contributed by atoms with Crippen molar-refractivity contribution in [2.24, 2.45) is 0 Å². The first kappa shape index (κ1) is 21.2. The van der Waals surface area contributed by atoms with E-state index in [1.807, 2.05) is 6.92 Å². The molecule has 3 N–H and O–H groups in total. The first-order valence-electron chi connectivity index (χ1n) is 9.19. The smallest absolute Gasteiger partial charge is 0.355 e. The van der Waals surface area contributed by atoms with E-state index in [1.165, 1.54) is 25.2 Å². The molecule has 10 heteroatoms. The van der Waals surface area contributed by atoms with Crippen LogP contribution < -0.4 is 16.0 Å². The van der Waals surface area contributed by atoms with Crippen molar-refractivity contribution in [1.29, 1.82) is 0 Å². The fourth-order valence-corrected chi connectivity index (χ4v) is 2.86. The quantitative estimate of drug-likeness (QED) is 0.550. The van der Waals surface area contributed by atoms with Gasteiger partial charge in [0.2, 0.25) is 0 Å². The number of amides is 1. The van der Waals surface area contributed by atoms with Crippen LogP contribution in [-0.4, -0.2) is 27.7 Å². The molecule has 2 aromatic heterocycles. The molecule has 158 valence electrons. The Morgan fingerprint density at radius 1 is 1.13 bits per heavy atom. The van der Waals surface area contributed by atoms with Gasteiger partial charge in [0.05, 0.1) is 33.9 Å². The second-order valence-corrected chi connectivity index (χ2v) is 6.47. The van der Waals surface area contributed by atoms with Gasteiger partial charge >= 0.3 is 6.18 Å². The lowest BCUT2D eigenvalue weighted by Crippen LogP contribution is -2.19. The Labute approximate surface area is 171 Å². The highest BCUT2D eigenvalue weighted by atomic mass is 19.4. The number of aromatic nitrogens is 3. The Balaban J connectivity index is 2.01. The predicted molar refractivity (Wildman–Crippen MR) is 108 cm³/mol. The lowest BCUT2D eigenvalue weighted by atomic mass is 10.1. The molecule has 3 rings (SSSR count). The van der Waals surface area contributed by atoms with E-state index >= 15 is 0 Å². The van der Waals surface area contributed by atoms with Crippen molar-refractivity contribution in [3.63, 3.8) is 0 Å². The van der Waals surface area contributed by atoms with Crippen molar-refractivity contribution in [3.05, 3.63) is 59.5 Å². The maximum atomic E-state index is 13.6. The molecule has 30 heavy (non-hydrogen) atoms. The number of alkyl halides is 3. The molecule has 0 aliphatic rings. The molecular formula is C20H21F3N6O. The molecule has 0 atom stereocenters. The molecule has 0 spiro atoms. The second kappa shape index (κ2) is 8.44. The standard InChI is InChI=1S/C20H21F3N6O/c1-4-29-11-17(12(2)28-29)27-18-9-16(14(10-25-18)20(21,22)23)26-15-8-6-5-7-13(15)19(30)24-3/h5-11H,4H2,1-3H3,(H,24,30)(H2,25,26,27). The summed E-state index contributed by atoms with van der Waals surface area (Å²) in [5.41, 5.74) is 0.630. The van der Waals surface area contributed by atoms with E-state index in [4.69, 9.17) is 0 Å². The number of carbonyl (C=O) groups is 1. The van der Waals surface area contributed by atoms with E-state index < -0.39 is 17.6 Å². The van der Waals surface area contributed by atoms with Crippen molar-refractivity contribution in [1.82, 2.24) is 20.1 Å². The van der Waals surface area contributed by atoms with Crippen LogP contribution in [0.5, 0.6) is 0 Å². The number of nitrogens with zero attached hydrogens (tertiary/aromatic N) is 3. The summed E-state index contributed by atoms with van der Waals surface area (Å²) in [6.07, 6.45) is -2.12. The summed E-state index contributed by atoms with van der Waals surface area (Å²) in [7, 11) is 1.45. The van der Waals surface area contributed by atoms with Gasteiger partial charge in [-0.25, -0.2) is 4.98 Å². The predicted octanol–water partition coefficient (Wildman–Crippen LogP) is 4.47. The Morgan fingerprint density at radius 3 is 2.50 bits per heavy atom. The monoisotopic (exact) mass is 418 g/mol. The second-order valence-electron chi connectivity index (χ2n) is 6.47. The summed E-state index contributed by atoms with van der Waals surface area (Å²) < 4.78 is 42.4. The number of halogens is 3. The lowest BCUT2D eigenvalue weighted by Gasteiger charge is -2.17. The van der Waals surface area contributed by atoms with Gasteiger partial charge in [0.1, 0.15) is 5.82 Å². The van der Waals surface area contributed by atoms with E-state index in [9.17, 15) is 18.0 Å². The van der Waals surface area contributed by atoms with E-state index in [1.54, 1.807) is 29.9 Å². The Morgan fingerprint density at radius 2 is 1.87 bits per heavy atom. The number of rotatable bonds is 6. The molecule has 0 unspecified atom stereocenters. The molecule has 7 nitrogen and oxygen atoms in total. The molecule has 3 aromatic rings. The van der Waals surface area contributed by atoms with Crippen molar-refractivity contribution in [2.45, 2.75) is 26.6 Å². The number of carbonyl (C=O) groups excluding carboxylic acids is 1. The average Bonchev–Trinajstić information content (AvgIpc) is 3.06. The van der Waals surface area contributed by atoms with Crippen LogP contribution in [0.4, 0.5) is 36.1 Å². The SMILES string of the molecule is CCn1cc(Nc2cc(Nc3ccccc3C(=O)NC)c(C(F)(F)F)cn2)c(C)n1. The number of hydrogen-bond acceptors (Lipinski definition) is 5. The molecule has 0 radical (unpaired) electrons. The molecule has 1 amide bonds. The van der Waals surface area contributed by atoms with Gasteiger partial charge in [-0.2, -0.15) is 18.3 Å². The zero-order chi connectivity index (χ0) is 21.9. The minimum atomic E-state index is -4.63. The zero-order valence-electron chi connectivity index (χ0n) is 16.6. The van der Waals surface area contributed by atoms with Crippen LogP contribution in [0.1, 0.15) is 28.5 Å². The van der Waals surface area contributed by atoms with Crippen molar-refractivity contribution in [2.75, 3.05) is 17.7 Å². The lowest BCUT2D eigenvalue weighted by molar-refractivity contribution is -0.137. The van der Waals surface area contributed by atoms with Gasteiger partial charge in [0.15, 0.2) is 0 Å². The van der Waals surface area contributed by atoms with Gasteiger partial charge in [-0.3, -0.25) is 9.48 Å². The summed E-state index contributed by atoms with van der Waals surface area (Å²) in [5.74, 6) is -0.205. The first-order chi connectivity index (χ1) is 14.2. The summed E-state index contributed by atoms with van der Waals surface area (Å²) in [5, 5.41) is 12.5. The van der Waals surface area contributed by atoms with Crippen molar-refractivity contribution < 1.29 is 18.0 Å². The van der Waals surface area contributed by atoms with Gasteiger partial charge in [-0.05, 0) is 26.0 Å². The number of para-hydroxylation sites is 1. The van der Waals surface area contributed by atoms with Crippen LogP contribution in [0.3, 0.4) is 0 Å². The van der Waals surface area contributed by atoms with Crippen LogP contribution in [-0.2, 0) is 12.7 Å². The Kier molecular flexibility index (Phi) is 5.95. The molecule has 2 heterocycles. The molecule has 1 aromatic carbocycles. The minimum Gasteiger partial charge on any atom is -0.355 e. The number of anilines is 4. The molecular weight excluding hydrogens is 397 g/mol. The maximum absolute atomic E-state index is 13.6. The Hall–Kier alpha value is -3.56. The highest BCUT2D eigenvalue weighted by molar-refractivity contribution is 6.00. The number of aryl methyl sites for hydroxylation is 2. The summed E-state index contributed by atoms with van der Waals surface area (Å²) >= 11 is 0. The van der Waals surface area contributed by atoms with E-state index in [-0.39, 0.29) is 22.8 Å². The average molecular weight is 418 g/mol. The normalized spacial score (nSPS) is 11.3.